The number of pyridine rings is 1. The second-order valence-electron chi connectivity index (χ2n) is 5.20. The Morgan fingerprint density at radius 1 is 1.35 bits per heavy atom. The number of nitrogens with zero attached hydrogens (tertiary/aromatic N) is 3. The van der Waals surface area contributed by atoms with Crippen molar-refractivity contribution < 1.29 is 9.53 Å². The lowest BCUT2D eigenvalue weighted by Gasteiger charge is -2.32. The molecular weight excluding hydrogens is 278 g/mol. The van der Waals surface area contributed by atoms with Gasteiger partial charge in [-0.1, -0.05) is 11.6 Å². The minimum absolute atomic E-state index is 0.0149. The number of morpholine rings is 1. The van der Waals surface area contributed by atoms with Crippen LogP contribution in [0, 0.1) is 0 Å². The summed E-state index contributed by atoms with van der Waals surface area (Å²) >= 11 is 6.07. The molecule has 1 unspecified atom stereocenters. The number of carbonyl (C=O) groups is 1. The minimum Gasteiger partial charge on any atom is -0.379 e. The van der Waals surface area contributed by atoms with Crippen molar-refractivity contribution in [2.75, 3.05) is 39.4 Å². The third-order valence-electron chi connectivity index (χ3n) is 4.01. The molecule has 5 nitrogen and oxygen atoms in total. The molecule has 0 bridgehead atoms. The predicted molar refractivity (Wildman–Crippen MR) is 75.9 cm³/mol. The molecule has 20 heavy (non-hydrogen) atoms. The van der Waals surface area contributed by atoms with E-state index < -0.39 is 0 Å². The molecule has 0 saturated carbocycles. The van der Waals surface area contributed by atoms with Crippen molar-refractivity contribution in [1.29, 1.82) is 0 Å². The Labute approximate surface area is 123 Å². The second kappa shape index (κ2) is 6.08. The van der Waals surface area contributed by atoms with E-state index in [-0.39, 0.29) is 5.91 Å². The summed E-state index contributed by atoms with van der Waals surface area (Å²) in [6, 6.07) is 2.10. The summed E-state index contributed by atoms with van der Waals surface area (Å²) in [5.41, 5.74) is 0.497. The normalized spacial score (nSPS) is 24.1. The third-order valence-corrected chi connectivity index (χ3v) is 4.34. The maximum atomic E-state index is 12.5. The van der Waals surface area contributed by atoms with Gasteiger partial charge in [-0.25, -0.2) is 0 Å². The molecule has 0 radical (unpaired) electrons. The lowest BCUT2D eigenvalue weighted by atomic mass is 10.2. The number of carbonyl (C=O) groups excluding carboxylic acids is 1. The number of rotatable bonds is 2. The van der Waals surface area contributed by atoms with Gasteiger partial charge in [0.15, 0.2) is 0 Å². The Bertz CT molecular complexity index is 491. The number of halogens is 1. The monoisotopic (exact) mass is 295 g/mol. The van der Waals surface area contributed by atoms with Crippen molar-refractivity contribution in [3.8, 4) is 0 Å². The molecule has 108 valence electrons. The van der Waals surface area contributed by atoms with E-state index in [0.29, 0.717) is 16.6 Å². The summed E-state index contributed by atoms with van der Waals surface area (Å²) in [5.74, 6) is -0.0149. The number of ether oxygens (including phenoxy) is 1. The first-order chi connectivity index (χ1) is 9.75. The summed E-state index contributed by atoms with van der Waals surface area (Å²) in [7, 11) is 0. The van der Waals surface area contributed by atoms with Crippen LogP contribution in [-0.4, -0.2) is 66.1 Å². The standard InChI is InChI=1S/C14H18ClN3O2/c15-13-1-3-16-9-12(13)14(19)18-4-2-11(10-18)17-5-7-20-8-6-17/h1,3,9,11H,2,4-8,10H2. The first-order valence-electron chi connectivity index (χ1n) is 6.96. The highest BCUT2D eigenvalue weighted by Gasteiger charge is 2.32. The quantitative estimate of drug-likeness (QED) is 0.825. The zero-order valence-electron chi connectivity index (χ0n) is 11.3. The zero-order chi connectivity index (χ0) is 13.9. The lowest BCUT2D eigenvalue weighted by molar-refractivity contribution is 0.0185. The van der Waals surface area contributed by atoms with Crippen molar-refractivity contribution in [2.24, 2.45) is 0 Å². The number of likely N-dealkylation sites (tertiary alicyclic amines) is 1. The highest BCUT2D eigenvalue weighted by atomic mass is 35.5. The van der Waals surface area contributed by atoms with Crippen LogP contribution in [0.4, 0.5) is 0 Å². The Hall–Kier alpha value is -1.17. The van der Waals surface area contributed by atoms with Crippen LogP contribution >= 0.6 is 11.6 Å². The molecule has 2 aliphatic heterocycles. The van der Waals surface area contributed by atoms with Crippen LogP contribution < -0.4 is 0 Å². The van der Waals surface area contributed by atoms with E-state index >= 15 is 0 Å². The molecule has 2 aliphatic rings. The molecule has 1 atom stereocenters. The van der Waals surface area contributed by atoms with E-state index in [1.54, 1.807) is 18.5 Å². The molecule has 3 rings (SSSR count). The van der Waals surface area contributed by atoms with E-state index in [4.69, 9.17) is 16.3 Å². The van der Waals surface area contributed by atoms with E-state index in [2.05, 4.69) is 9.88 Å². The van der Waals surface area contributed by atoms with Crippen LogP contribution in [0.25, 0.3) is 0 Å². The smallest absolute Gasteiger partial charge is 0.256 e. The largest absolute Gasteiger partial charge is 0.379 e. The van der Waals surface area contributed by atoms with Gasteiger partial charge in [0.25, 0.3) is 5.91 Å². The fourth-order valence-corrected chi connectivity index (χ4v) is 3.06. The SMILES string of the molecule is O=C(c1cnccc1Cl)N1CCC(N2CCOCC2)C1. The molecule has 6 heteroatoms. The van der Waals surface area contributed by atoms with Gasteiger partial charge in [0.05, 0.1) is 23.8 Å². The van der Waals surface area contributed by atoms with Gasteiger partial charge in [-0.05, 0) is 12.5 Å². The van der Waals surface area contributed by atoms with Crippen LogP contribution in [0.15, 0.2) is 18.5 Å². The first-order valence-corrected chi connectivity index (χ1v) is 7.34. The molecule has 0 N–H and O–H groups in total. The summed E-state index contributed by atoms with van der Waals surface area (Å²) in [5, 5.41) is 0.472. The third kappa shape index (κ3) is 2.80. The van der Waals surface area contributed by atoms with E-state index in [9.17, 15) is 4.79 Å². The van der Waals surface area contributed by atoms with Crippen molar-refractivity contribution in [3.63, 3.8) is 0 Å². The van der Waals surface area contributed by atoms with E-state index in [1.807, 2.05) is 4.90 Å². The summed E-state index contributed by atoms with van der Waals surface area (Å²) in [6.07, 6.45) is 4.16. The van der Waals surface area contributed by atoms with Crippen LogP contribution in [-0.2, 0) is 4.74 Å². The molecule has 3 heterocycles. The molecule has 0 aliphatic carbocycles. The molecule has 0 aromatic carbocycles. The van der Waals surface area contributed by atoms with Gasteiger partial charge in [0.2, 0.25) is 0 Å². The number of hydrogen-bond donors (Lipinski definition) is 0. The maximum absolute atomic E-state index is 12.5. The molecule has 1 aromatic heterocycles. The summed E-state index contributed by atoms with van der Waals surface area (Å²) in [4.78, 5) is 20.7. The molecule has 1 aromatic rings. The highest BCUT2D eigenvalue weighted by Crippen LogP contribution is 2.22. The average molecular weight is 296 g/mol. The average Bonchev–Trinajstić information content (AvgIpc) is 2.98. The van der Waals surface area contributed by atoms with Crippen LogP contribution in [0.5, 0.6) is 0 Å². The van der Waals surface area contributed by atoms with Crippen LogP contribution in [0.2, 0.25) is 5.02 Å². The van der Waals surface area contributed by atoms with E-state index in [0.717, 1.165) is 45.8 Å². The van der Waals surface area contributed by atoms with E-state index in [1.165, 1.54) is 0 Å². The van der Waals surface area contributed by atoms with Crippen LogP contribution in [0.1, 0.15) is 16.8 Å². The Morgan fingerprint density at radius 3 is 2.90 bits per heavy atom. The number of aromatic nitrogens is 1. The summed E-state index contributed by atoms with van der Waals surface area (Å²) in [6.45, 7) is 5.05. The van der Waals surface area contributed by atoms with Gasteiger partial charge in [-0.15, -0.1) is 0 Å². The minimum atomic E-state index is -0.0149. The van der Waals surface area contributed by atoms with Crippen molar-refractivity contribution in [1.82, 2.24) is 14.8 Å². The molecular formula is C14H18ClN3O2. The highest BCUT2D eigenvalue weighted by molar-refractivity contribution is 6.33. The van der Waals surface area contributed by atoms with Gasteiger partial charge in [0, 0.05) is 44.6 Å². The Morgan fingerprint density at radius 2 is 2.15 bits per heavy atom. The second-order valence-corrected chi connectivity index (χ2v) is 5.60. The van der Waals surface area contributed by atoms with Gasteiger partial charge < -0.3 is 9.64 Å². The maximum Gasteiger partial charge on any atom is 0.256 e. The van der Waals surface area contributed by atoms with Gasteiger partial charge >= 0.3 is 0 Å². The van der Waals surface area contributed by atoms with Crippen LogP contribution in [0.3, 0.4) is 0 Å². The predicted octanol–water partition coefficient (Wildman–Crippen LogP) is 1.28. The number of hydrogen-bond acceptors (Lipinski definition) is 4. The Balaban J connectivity index is 1.65. The zero-order valence-corrected chi connectivity index (χ0v) is 12.1. The molecule has 2 saturated heterocycles. The summed E-state index contributed by atoms with van der Waals surface area (Å²) < 4.78 is 5.37. The van der Waals surface area contributed by atoms with Crippen molar-refractivity contribution in [3.05, 3.63) is 29.0 Å². The number of amides is 1. The first kappa shape index (κ1) is 13.8. The van der Waals surface area contributed by atoms with Gasteiger partial charge in [0.1, 0.15) is 0 Å². The molecule has 2 fully saturated rings. The van der Waals surface area contributed by atoms with Crippen molar-refractivity contribution >= 4 is 17.5 Å². The molecule has 1 amide bonds. The Kier molecular flexibility index (Phi) is 4.19. The topological polar surface area (TPSA) is 45.7 Å². The fourth-order valence-electron chi connectivity index (χ4n) is 2.87. The van der Waals surface area contributed by atoms with Gasteiger partial charge in [-0.3, -0.25) is 14.7 Å². The lowest BCUT2D eigenvalue weighted by Crippen LogP contribution is -2.45. The van der Waals surface area contributed by atoms with Crippen molar-refractivity contribution in [2.45, 2.75) is 12.5 Å². The molecule has 0 spiro atoms. The fraction of sp³-hybridized carbons (Fsp3) is 0.571. The van der Waals surface area contributed by atoms with Gasteiger partial charge in [-0.2, -0.15) is 0 Å².